The Hall–Kier alpha value is -1.39. The van der Waals surface area contributed by atoms with Crippen molar-refractivity contribution in [3.8, 4) is 0 Å². The van der Waals surface area contributed by atoms with E-state index >= 15 is 0 Å². The summed E-state index contributed by atoms with van der Waals surface area (Å²) in [6.45, 7) is 0.394. The Kier molecular flexibility index (Phi) is 5.15. The first-order valence-corrected chi connectivity index (χ1v) is 7.47. The molecule has 20 heavy (non-hydrogen) atoms. The highest BCUT2D eigenvalue weighted by molar-refractivity contribution is 9.08. The van der Waals surface area contributed by atoms with Gasteiger partial charge in [0.05, 0.1) is 5.02 Å². The third kappa shape index (κ3) is 3.81. The van der Waals surface area contributed by atoms with Gasteiger partial charge in [-0.25, -0.2) is 4.39 Å². The molecule has 1 amide bonds. The zero-order valence-electron chi connectivity index (χ0n) is 10.5. The van der Waals surface area contributed by atoms with Gasteiger partial charge >= 0.3 is 0 Å². The van der Waals surface area contributed by atoms with Crippen molar-refractivity contribution in [3.63, 3.8) is 0 Å². The Morgan fingerprint density at radius 3 is 2.40 bits per heavy atom. The first-order valence-electron chi connectivity index (χ1n) is 5.97. The molecule has 1 N–H and O–H groups in total. The number of alkyl halides is 1. The minimum absolute atomic E-state index is 0.00640. The number of carbonyl (C=O) groups is 1. The molecular weight excluding hydrogens is 345 g/mol. The maximum absolute atomic E-state index is 13.3. The second kappa shape index (κ2) is 6.86. The summed E-state index contributed by atoms with van der Waals surface area (Å²) in [5.41, 5.74) is 2.40. The molecule has 2 aromatic rings. The summed E-state index contributed by atoms with van der Waals surface area (Å²) < 4.78 is 13.3. The van der Waals surface area contributed by atoms with Crippen LogP contribution in [-0.2, 0) is 11.9 Å². The van der Waals surface area contributed by atoms with Crippen LogP contribution in [-0.4, -0.2) is 5.91 Å². The van der Waals surface area contributed by atoms with Gasteiger partial charge in [-0.3, -0.25) is 4.79 Å². The van der Waals surface area contributed by atoms with Gasteiger partial charge in [-0.1, -0.05) is 51.8 Å². The molecule has 0 unspecified atom stereocenters. The first-order chi connectivity index (χ1) is 9.60. The molecule has 2 rings (SSSR count). The van der Waals surface area contributed by atoms with E-state index in [9.17, 15) is 9.18 Å². The van der Waals surface area contributed by atoms with Gasteiger partial charge in [-0.15, -0.1) is 0 Å². The summed E-state index contributed by atoms with van der Waals surface area (Å²) in [6, 6.07) is 11.9. The molecule has 0 aromatic heterocycles. The second-order valence-electron chi connectivity index (χ2n) is 4.26. The maximum Gasteiger partial charge on any atom is 0.251 e. The van der Waals surface area contributed by atoms with E-state index in [0.717, 1.165) is 17.0 Å². The lowest BCUT2D eigenvalue weighted by atomic mass is 10.1. The lowest BCUT2D eigenvalue weighted by molar-refractivity contribution is 0.0950. The third-order valence-corrected chi connectivity index (χ3v) is 3.77. The molecule has 0 bridgehead atoms. The standard InChI is InChI=1S/C15H12BrClFNO/c16-8-10-1-3-11(4-2-10)9-19-15(20)12-5-6-13(17)14(18)7-12/h1-7H,8-9H2,(H,19,20). The molecule has 0 saturated carbocycles. The Balaban J connectivity index is 1.98. The van der Waals surface area contributed by atoms with Gasteiger partial charge in [0.2, 0.25) is 0 Å². The summed E-state index contributed by atoms with van der Waals surface area (Å²) in [5, 5.41) is 3.54. The number of hydrogen-bond acceptors (Lipinski definition) is 1. The van der Waals surface area contributed by atoms with Crippen molar-refractivity contribution >= 4 is 33.4 Å². The van der Waals surface area contributed by atoms with Gasteiger partial charge in [0.1, 0.15) is 5.82 Å². The van der Waals surface area contributed by atoms with E-state index in [1.165, 1.54) is 17.7 Å². The lowest BCUT2D eigenvalue weighted by Crippen LogP contribution is -2.22. The van der Waals surface area contributed by atoms with Gasteiger partial charge < -0.3 is 5.32 Å². The number of amides is 1. The molecule has 0 spiro atoms. The minimum Gasteiger partial charge on any atom is -0.348 e. The van der Waals surface area contributed by atoms with E-state index in [-0.39, 0.29) is 16.5 Å². The van der Waals surface area contributed by atoms with Gasteiger partial charge in [0.25, 0.3) is 5.91 Å². The van der Waals surface area contributed by atoms with Crippen LogP contribution in [0.2, 0.25) is 5.02 Å². The van der Waals surface area contributed by atoms with Crippen molar-refractivity contribution in [2.75, 3.05) is 0 Å². The molecule has 0 heterocycles. The molecule has 2 nitrogen and oxygen atoms in total. The van der Waals surface area contributed by atoms with Crippen molar-refractivity contribution < 1.29 is 9.18 Å². The van der Waals surface area contributed by atoms with E-state index in [0.29, 0.717) is 6.54 Å². The predicted octanol–water partition coefficient (Wildman–Crippen LogP) is 4.30. The van der Waals surface area contributed by atoms with Gasteiger partial charge in [0.15, 0.2) is 0 Å². The highest BCUT2D eigenvalue weighted by atomic mass is 79.9. The normalized spacial score (nSPS) is 10.3. The lowest BCUT2D eigenvalue weighted by Gasteiger charge is -2.06. The van der Waals surface area contributed by atoms with Gasteiger partial charge in [-0.2, -0.15) is 0 Å². The van der Waals surface area contributed by atoms with Gasteiger partial charge in [-0.05, 0) is 29.3 Å². The molecule has 0 atom stereocenters. The quantitative estimate of drug-likeness (QED) is 0.813. The van der Waals surface area contributed by atoms with E-state index in [1.54, 1.807) is 0 Å². The monoisotopic (exact) mass is 355 g/mol. The van der Waals surface area contributed by atoms with E-state index in [4.69, 9.17) is 11.6 Å². The largest absolute Gasteiger partial charge is 0.348 e. The van der Waals surface area contributed by atoms with Crippen LogP contribution in [0.15, 0.2) is 42.5 Å². The summed E-state index contributed by atoms with van der Waals surface area (Å²) >= 11 is 8.95. The average molecular weight is 357 g/mol. The second-order valence-corrected chi connectivity index (χ2v) is 5.23. The number of carbonyl (C=O) groups excluding carboxylic acids is 1. The molecule has 5 heteroatoms. The zero-order chi connectivity index (χ0) is 14.5. The fourth-order valence-electron chi connectivity index (χ4n) is 1.67. The van der Waals surface area contributed by atoms with Crippen LogP contribution in [0.25, 0.3) is 0 Å². The van der Waals surface area contributed by atoms with Crippen LogP contribution in [0.1, 0.15) is 21.5 Å². The van der Waals surface area contributed by atoms with E-state index in [2.05, 4.69) is 21.2 Å². The van der Waals surface area contributed by atoms with Crippen molar-refractivity contribution in [3.05, 3.63) is 70.0 Å². The fraction of sp³-hybridized carbons (Fsp3) is 0.133. The number of benzene rings is 2. The summed E-state index contributed by atoms with van der Waals surface area (Å²) in [6.07, 6.45) is 0. The maximum atomic E-state index is 13.3. The topological polar surface area (TPSA) is 29.1 Å². The number of nitrogens with one attached hydrogen (secondary N) is 1. The summed E-state index contributed by atoms with van der Waals surface area (Å²) in [7, 11) is 0. The molecule has 0 aliphatic rings. The van der Waals surface area contributed by atoms with Crippen molar-refractivity contribution in [1.82, 2.24) is 5.32 Å². The van der Waals surface area contributed by atoms with E-state index in [1.807, 2.05) is 24.3 Å². The van der Waals surface area contributed by atoms with Crippen LogP contribution in [0.5, 0.6) is 0 Å². The van der Waals surface area contributed by atoms with Crippen LogP contribution in [0.3, 0.4) is 0 Å². The van der Waals surface area contributed by atoms with Crippen molar-refractivity contribution in [2.45, 2.75) is 11.9 Å². The Morgan fingerprint density at radius 2 is 1.80 bits per heavy atom. The number of halogens is 3. The van der Waals surface area contributed by atoms with E-state index < -0.39 is 5.82 Å². The Labute approximate surface area is 130 Å². The zero-order valence-corrected chi connectivity index (χ0v) is 12.8. The first kappa shape index (κ1) is 15.0. The van der Waals surface area contributed by atoms with Crippen LogP contribution in [0.4, 0.5) is 4.39 Å². The van der Waals surface area contributed by atoms with Crippen LogP contribution < -0.4 is 5.32 Å². The highest BCUT2D eigenvalue weighted by Gasteiger charge is 2.08. The molecule has 0 aliphatic carbocycles. The summed E-state index contributed by atoms with van der Waals surface area (Å²) in [5.74, 6) is -0.925. The Morgan fingerprint density at radius 1 is 1.15 bits per heavy atom. The molecular formula is C15H12BrClFNO. The van der Waals surface area contributed by atoms with Crippen molar-refractivity contribution in [2.24, 2.45) is 0 Å². The average Bonchev–Trinajstić information content (AvgIpc) is 2.48. The predicted molar refractivity (Wildman–Crippen MR) is 81.7 cm³/mol. The van der Waals surface area contributed by atoms with Crippen LogP contribution in [0, 0.1) is 5.82 Å². The van der Waals surface area contributed by atoms with Crippen LogP contribution >= 0.6 is 27.5 Å². The number of hydrogen-bond donors (Lipinski definition) is 1. The molecule has 0 aliphatic heterocycles. The molecule has 104 valence electrons. The van der Waals surface area contributed by atoms with Gasteiger partial charge in [0, 0.05) is 17.4 Å². The Bertz CT molecular complexity index is 616. The SMILES string of the molecule is O=C(NCc1ccc(CBr)cc1)c1ccc(Cl)c(F)c1. The summed E-state index contributed by atoms with van der Waals surface area (Å²) in [4.78, 5) is 11.9. The minimum atomic E-state index is -0.596. The number of rotatable bonds is 4. The molecule has 2 aromatic carbocycles. The molecule has 0 fully saturated rings. The fourth-order valence-corrected chi connectivity index (χ4v) is 2.16. The third-order valence-electron chi connectivity index (χ3n) is 2.81. The smallest absolute Gasteiger partial charge is 0.251 e. The highest BCUT2D eigenvalue weighted by Crippen LogP contribution is 2.15. The molecule has 0 radical (unpaired) electrons. The molecule has 0 saturated heterocycles. The van der Waals surface area contributed by atoms with Crippen molar-refractivity contribution in [1.29, 1.82) is 0 Å².